The average molecular weight is 436 g/mol. The quantitative estimate of drug-likeness (QED) is 0.245. The summed E-state index contributed by atoms with van der Waals surface area (Å²) in [5.74, 6) is 1.17. The maximum absolute atomic E-state index is 3.64. The molecule has 4 aromatic carbocycles. The molecule has 0 spiro atoms. The van der Waals surface area contributed by atoms with Gasteiger partial charge in [-0.3, -0.25) is 0 Å². The van der Waals surface area contributed by atoms with Gasteiger partial charge in [0, 0.05) is 0 Å². The van der Waals surface area contributed by atoms with E-state index in [9.17, 15) is 0 Å². The largest absolute Gasteiger partial charge is 4.00 e. The Hall–Kier alpha value is -1.46. The molecule has 0 nitrogen and oxygen atoms in total. The molecule has 0 heterocycles. The van der Waals surface area contributed by atoms with Gasteiger partial charge < -0.3 is 13.8 Å². The first-order valence-corrected chi connectivity index (χ1v) is 9.27. The van der Waals surface area contributed by atoms with Crippen LogP contribution in [0.4, 0.5) is 0 Å². The number of hydrogen-bond donors (Lipinski definition) is 0. The van der Waals surface area contributed by atoms with Crippen LogP contribution >= 0.6 is 0 Å². The number of benzene rings is 2. The molecule has 0 radical (unpaired) electrons. The Morgan fingerprint density at radius 1 is 0.593 bits per heavy atom. The van der Waals surface area contributed by atoms with Gasteiger partial charge in [0.2, 0.25) is 0 Å². The van der Waals surface area contributed by atoms with Crippen molar-refractivity contribution in [3.63, 3.8) is 0 Å². The van der Waals surface area contributed by atoms with Crippen molar-refractivity contribution in [1.29, 1.82) is 0 Å². The molecule has 1 heteroatoms. The van der Waals surface area contributed by atoms with Gasteiger partial charge in [0.15, 0.2) is 0 Å². The first-order chi connectivity index (χ1) is 12.4. The third kappa shape index (κ3) is 11.8. The van der Waals surface area contributed by atoms with E-state index in [2.05, 4.69) is 126 Å². The molecule has 140 valence electrons. The third-order valence-electron chi connectivity index (χ3n) is 3.10. The molecule has 0 fully saturated rings. The maximum atomic E-state index is 3.64. The minimum absolute atomic E-state index is 0. The molecule has 0 aliphatic carbocycles. The minimum Gasteiger partial charge on any atom is -0.341 e. The molecular weight excluding hydrogens is 404 g/mol. The number of fused-ring (bicyclic) bond motifs is 2. The van der Waals surface area contributed by atoms with Crippen molar-refractivity contribution in [3.05, 3.63) is 98.8 Å². The Bertz CT molecular complexity index is 695. The van der Waals surface area contributed by atoms with Gasteiger partial charge in [-0.2, -0.15) is 46.9 Å². The predicted molar refractivity (Wildman–Crippen MR) is 119 cm³/mol. The Balaban J connectivity index is 0.000000357. The molecule has 0 aliphatic heterocycles. The minimum atomic E-state index is 0. The number of hydrogen-bond acceptors (Lipinski definition) is 0. The van der Waals surface area contributed by atoms with Crippen molar-refractivity contribution >= 4 is 21.5 Å². The van der Waals surface area contributed by atoms with Crippen LogP contribution in [0, 0.1) is 25.7 Å². The number of rotatable bonds is 0. The molecule has 0 aliphatic rings. The first-order valence-electron chi connectivity index (χ1n) is 9.27. The maximum Gasteiger partial charge on any atom is 4.00 e. The molecule has 0 saturated heterocycles. The fourth-order valence-electron chi connectivity index (χ4n) is 2.14. The van der Waals surface area contributed by atoms with Gasteiger partial charge in [-0.1, -0.05) is 39.8 Å². The average Bonchev–Trinajstić information content (AvgIpc) is 3.23. The third-order valence-corrected chi connectivity index (χ3v) is 3.10. The molecule has 0 aromatic heterocycles. The van der Waals surface area contributed by atoms with E-state index < -0.39 is 0 Å². The van der Waals surface area contributed by atoms with Gasteiger partial charge >= 0.3 is 26.2 Å². The van der Waals surface area contributed by atoms with Crippen LogP contribution in [0.5, 0.6) is 0 Å². The molecule has 0 unspecified atom stereocenters. The van der Waals surface area contributed by atoms with Crippen LogP contribution in [0.3, 0.4) is 0 Å². The molecular formula is C26H32Zr. The zero-order valence-corrected chi connectivity index (χ0v) is 19.6. The zero-order valence-electron chi connectivity index (χ0n) is 17.2. The van der Waals surface area contributed by atoms with E-state index in [1.807, 2.05) is 0 Å². The van der Waals surface area contributed by atoms with Crippen LogP contribution in [0.25, 0.3) is 21.5 Å². The molecule has 0 amide bonds. The summed E-state index contributed by atoms with van der Waals surface area (Å²) >= 11 is 0. The van der Waals surface area contributed by atoms with E-state index in [4.69, 9.17) is 0 Å². The Morgan fingerprint density at radius 2 is 0.889 bits per heavy atom. The topological polar surface area (TPSA) is 0 Å². The van der Waals surface area contributed by atoms with E-state index in [1.165, 1.54) is 21.5 Å². The van der Waals surface area contributed by atoms with Gasteiger partial charge in [0.25, 0.3) is 0 Å². The van der Waals surface area contributed by atoms with Gasteiger partial charge in [0.1, 0.15) is 0 Å². The van der Waals surface area contributed by atoms with Crippen LogP contribution in [-0.4, -0.2) is 0 Å². The summed E-state index contributed by atoms with van der Waals surface area (Å²) in [5, 5.41) is 5.32. The Labute approximate surface area is 185 Å². The van der Waals surface area contributed by atoms with Crippen molar-refractivity contribution in [2.75, 3.05) is 0 Å². The molecule has 0 bridgehead atoms. The predicted octanol–water partition coefficient (Wildman–Crippen LogP) is 8.07. The standard InChI is InChI=1S/2C9H7.2C4H9.Zr/c2*1-2-5-9-7-3-6-8(9)4-1;2*1-4(2)3;/h2*1-7H;2*4H,1H2,2-3H3;/q4*-1;+4. The van der Waals surface area contributed by atoms with Crippen molar-refractivity contribution < 1.29 is 26.2 Å². The SMILES string of the molecule is [CH2-]C(C)C.[CH2-]C(C)C.[Zr+4].c1ccc2[cH-]ccc2c1.c1ccc2[cH-]ccc2c1. The molecule has 0 atom stereocenters. The van der Waals surface area contributed by atoms with Crippen LogP contribution < -0.4 is 0 Å². The van der Waals surface area contributed by atoms with Crippen molar-refractivity contribution in [3.8, 4) is 0 Å². The summed E-state index contributed by atoms with van der Waals surface area (Å²) in [4.78, 5) is 0. The molecule has 27 heavy (non-hydrogen) atoms. The van der Waals surface area contributed by atoms with Crippen molar-refractivity contribution in [2.24, 2.45) is 11.8 Å². The summed E-state index contributed by atoms with van der Waals surface area (Å²) in [6.07, 6.45) is 0. The van der Waals surface area contributed by atoms with Crippen molar-refractivity contribution in [2.45, 2.75) is 27.7 Å². The van der Waals surface area contributed by atoms with Gasteiger partial charge in [0.05, 0.1) is 0 Å². The zero-order chi connectivity index (χ0) is 19.4. The summed E-state index contributed by atoms with van der Waals surface area (Å²) in [7, 11) is 0. The summed E-state index contributed by atoms with van der Waals surface area (Å²) in [6.45, 7) is 15.5. The fourth-order valence-corrected chi connectivity index (χ4v) is 2.14. The first kappa shape index (κ1) is 25.5. The Kier molecular flexibility index (Phi) is 13.8. The van der Waals surface area contributed by atoms with Gasteiger partial charge in [-0.05, 0) is 0 Å². The second kappa shape index (κ2) is 14.6. The summed E-state index contributed by atoms with van der Waals surface area (Å²) in [5.41, 5.74) is 0. The van der Waals surface area contributed by atoms with E-state index in [0.29, 0.717) is 11.8 Å². The van der Waals surface area contributed by atoms with Crippen molar-refractivity contribution in [1.82, 2.24) is 0 Å². The van der Waals surface area contributed by atoms with Gasteiger partial charge in [-0.25, -0.2) is 0 Å². The van der Waals surface area contributed by atoms with Crippen LogP contribution in [-0.2, 0) is 26.2 Å². The normalized spacial score (nSPS) is 9.48. The summed E-state index contributed by atoms with van der Waals surface area (Å²) in [6, 6.07) is 29.3. The van der Waals surface area contributed by atoms with E-state index in [1.54, 1.807) is 0 Å². The van der Waals surface area contributed by atoms with Crippen LogP contribution in [0.2, 0.25) is 0 Å². The van der Waals surface area contributed by atoms with E-state index in [0.717, 1.165) is 0 Å². The smallest absolute Gasteiger partial charge is 0.341 e. The molecule has 4 aromatic rings. The second-order valence-corrected chi connectivity index (χ2v) is 7.10. The van der Waals surface area contributed by atoms with Crippen LogP contribution in [0.15, 0.2) is 84.9 Å². The van der Waals surface area contributed by atoms with E-state index in [-0.39, 0.29) is 26.2 Å². The Morgan fingerprint density at radius 3 is 1.19 bits per heavy atom. The monoisotopic (exact) mass is 434 g/mol. The molecule has 4 rings (SSSR count). The summed E-state index contributed by atoms with van der Waals surface area (Å²) < 4.78 is 0. The van der Waals surface area contributed by atoms with Gasteiger partial charge in [-0.15, -0.1) is 59.3 Å². The van der Waals surface area contributed by atoms with Crippen LogP contribution in [0.1, 0.15) is 27.7 Å². The van der Waals surface area contributed by atoms with E-state index >= 15 is 0 Å². The molecule has 0 saturated carbocycles. The second-order valence-electron chi connectivity index (χ2n) is 7.10. The fraction of sp³-hybridized carbons (Fsp3) is 0.231. The molecule has 0 N–H and O–H groups in total.